The molecule has 0 aliphatic carbocycles. The Kier molecular flexibility index (Phi) is 8.54. The highest BCUT2D eigenvalue weighted by Gasteiger charge is 2.39. The van der Waals surface area contributed by atoms with Crippen LogP contribution in [-0.2, 0) is 23.1 Å². The van der Waals surface area contributed by atoms with Crippen LogP contribution in [0.25, 0.3) is 0 Å². The number of rotatable bonds is 10. The number of carbonyl (C=O) groups is 1. The lowest BCUT2D eigenvalue weighted by Gasteiger charge is -2.40. The Hall–Kier alpha value is 0.190. The van der Waals surface area contributed by atoms with Gasteiger partial charge in [-0.25, -0.2) is 4.79 Å². The summed E-state index contributed by atoms with van der Waals surface area (Å²) in [6, 6.07) is 0. The van der Waals surface area contributed by atoms with Crippen molar-refractivity contribution in [2.75, 3.05) is 52.7 Å². The molecule has 146 valence electrons. The SMILES string of the molecule is CC(C)(C)OC(=O)N1CC(OCCCOCC2(COSI)COC2)C1. The van der Waals surface area contributed by atoms with E-state index in [0.29, 0.717) is 52.7 Å². The van der Waals surface area contributed by atoms with E-state index in [1.165, 1.54) is 9.21 Å². The fourth-order valence-electron chi connectivity index (χ4n) is 2.47. The van der Waals surface area contributed by atoms with Gasteiger partial charge in [0, 0.05) is 34.4 Å². The lowest BCUT2D eigenvalue weighted by atomic mass is 9.88. The first-order chi connectivity index (χ1) is 11.8. The van der Waals surface area contributed by atoms with Crippen LogP contribution in [-0.4, -0.2) is 75.4 Å². The van der Waals surface area contributed by atoms with Crippen LogP contribution in [0, 0.1) is 5.41 Å². The summed E-state index contributed by atoms with van der Waals surface area (Å²) in [5.74, 6) is 0. The minimum Gasteiger partial charge on any atom is -0.444 e. The number of amides is 1. The van der Waals surface area contributed by atoms with Crippen molar-refractivity contribution in [3.8, 4) is 0 Å². The minimum atomic E-state index is -0.455. The van der Waals surface area contributed by atoms with Gasteiger partial charge in [-0.15, -0.1) is 0 Å². The van der Waals surface area contributed by atoms with Crippen LogP contribution in [0.15, 0.2) is 0 Å². The Balaban J connectivity index is 1.46. The van der Waals surface area contributed by atoms with E-state index in [0.717, 1.165) is 6.42 Å². The van der Waals surface area contributed by atoms with E-state index in [1.807, 2.05) is 20.8 Å². The topological polar surface area (TPSA) is 66.5 Å². The normalized spacial score (nSPS) is 20.1. The molecule has 2 heterocycles. The number of nitrogens with zero attached hydrogens (tertiary/aromatic N) is 1. The Morgan fingerprint density at radius 1 is 1.28 bits per heavy atom. The molecule has 2 saturated heterocycles. The number of ether oxygens (including phenoxy) is 4. The average Bonchev–Trinajstić information content (AvgIpc) is 2.43. The van der Waals surface area contributed by atoms with Crippen LogP contribution in [0.5, 0.6) is 0 Å². The summed E-state index contributed by atoms with van der Waals surface area (Å²) in [5.41, 5.74) is -0.440. The third-order valence-electron chi connectivity index (χ3n) is 3.92. The molecule has 1 amide bonds. The zero-order chi connectivity index (χ0) is 18.3. The van der Waals surface area contributed by atoms with E-state index in [9.17, 15) is 4.79 Å². The first-order valence-corrected chi connectivity index (χ1v) is 11.8. The van der Waals surface area contributed by atoms with Crippen LogP contribution in [0.4, 0.5) is 4.79 Å². The average molecular weight is 489 g/mol. The van der Waals surface area contributed by atoms with Gasteiger partial charge in [0.1, 0.15) is 5.60 Å². The van der Waals surface area contributed by atoms with Gasteiger partial charge in [0.15, 0.2) is 0 Å². The Labute approximate surface area is 166 Å². The van der Waals surface area contributed by atoms with Gasteiger partial charge in [-0.3, -0.25) is 0 Å². The maximum Gasteiger partial charge on any atom is 0.410 e. The molecule has 25 heavy (non-hydrogen) atoms. The molecule has 2 aliphatic heterocycles. The van der Waals surface area contributed by atoms with Gasteiger partial charge < -0.3 is 28.0 Å². The number of hydrogen-bond donors (Lipinski definition) is 0. The van der Waals surface area contributed by atoms with Crippen molar-refractivity contribution < 1.29 is 27.9 Å². The Bertz CT molecular complexity index is 423. The van der Waals surface area contributed by atoms with Crippen molar-refractivity contribution >= 4 is 36.5 Å². The maximum atomic E-state index is 11.8. The van der Waals surface area contributed by atoms with Crippen molar-refractivity contribution in [2.24, 2.45) is 5.41 Å². The van der Waals surface area contributed by atoms with Gasteiger partial charge in [0.2, 0.25) is 0 Å². The smallest absolute Gasteiger partial charge is 0.410 e. The Morgan fingerprint density at radius 3 is 2.56 bits per heavy atom. The summed E-state index contributed by atoms with van der Waals surface area (Å²) < 4.78 is 27.5. The van der Waals surface area contributed by atoms with E-state index in [4.69, 9.17) is 23.1 Å². The van der Waals surface area contributed by atoms with Crippen molar-refractivity contribution in [1.29, 1.82) is 0 Å². The van der Waals surface area contributed by atoms with E-state index < -0.39 is 5.60 Å². The minimum absolute atomic E-state index is 0.0148. The first-order valence-electron chi connectivity index (χ1n) is 8.49. The van der Waals surface area contributed by atoms with Gasteiger partial charge in [0.25, 0.3) is 0 Å². The van der Waals surface area contributed by atoms with Crippen LogP contribution in [0.1, 0.15) is 27.2 Å². The molecule has 0 aromatic rings. The van der Waals surface area contributed by atoms with Crippen molar-refractivity contribution in [1.82, 2.24) is 4.90 Å². The molecule has 0 spiro atoms. The zero-order valence-corrected chi connectivity index (χ0v) is 18.1. The van der Waals surface area contributed by atoms with E-state index in [-0.39, 0.29) is 17.6 Å². The lowest BCUT2D eigenvalue weighted by molar-refractivity contribution is -0.163. The molecular weight excluding hydrogens is 461 g/mol. The van der Waals surface area contributed by atoms with Gasteiger partial charge in [-0.1, -0.05) is 0 Å². The summed E-state index contributed by atoms with van der Waals surface area (Å²) in [4.78, 5) is 13.5. The molecule has 0 aromatic heterocycles. The fourth-order valence-corrected chi connectivity index (χ4v) is 3.14. The zero-order valence-electron chi connectivity index (χ0n) is 15.1. The second-order valence-electron chi connectivity index (χ2n) is 7.60. The van der Waals surface area contributed by atoms with E-state index >= 15 is 0 Å². The maximum absolute atomic E-state index is 11.8. The monoisotopic (exact) mass is 489 g/mol. The molecule has 2 fully saturated rings. The molecule has 0 radical (unpaired) electrons. The van der Waals surface area contributed by atoms with Gasteiger partial charge in [-0.2, -0.15) is 0 Å². The van der Waals surface area contributed by atoms with Crippen molar-refractivity contribution in [3.05, 3.63) is 0 Å². The molecule has 0 unspecified atom stereocenters. The lowest BCUT2D eigenvalue weighted by Crippen LogP contribution is -2.56. The predicted octanol–water partition coefficient (Wildman–Crippen LogP) is 3.06. The quantitative estimate of drug-likeness (QED) is 0.266. The highest BCUT2D eigenvalue weighted by molar-refractivity contribution is 14.2. The Morgan fingerprint density at radius 2 is 2.00 bits per heavy atom. The van der Waals surface area contributed by atoms with E-state index in [1.54, 1.807) is 4.90 Å². The molecule has 0 saturated carbocycles. The number of likely N-dealkylation sites (tertiary alicyclic amines) is 1. The van der Waals surface area contributed by atoms with Crippen LogP contribution in [0.2, 0.25) is 0 Å². The molecule has 9 heteroatoms. The molecule has 7 nitrogen and oxygen atoms in total. The van der Waals surface area contributed by atoms with Crippen molar-refractivity contribution in [2.45, 2.75) is 38.9 Å². The van der Waals surface area contributed by atoms with Gasteiger partial charge in [0.05, 0.1) is 60.3 Å². The summed E-state index contributed by atoms with van der Waals surface area (Å²) >= 11 is 2.11. The molecule has 0 aromatic carbocycles. The summed E-state index contributed by atoms with van der Waals surface area (Å²) in [7, 11) is 1.34. The van der Waals surface area contributed by atoms with Gasteiger partial charge >= 0.3 is 6.09 Å². The highest BCUT2D eigenvalue weighted by Crippen LogP contribution is 2.31. The van der Waals surface area contributed by atoms with Crippen LogP contribution < -0.4 is 0 Å². The van der Waals surface area contributed by atoms with Crippen LogP contribution in [0.3, 0.4) is 0 Å². The standard InChI is InChI=1S/C16H28INO6S/c1-15(2,3)24-14(19)18-7-13(8-18)22-6-4-5-20-9-16(10-21-11-16)12-23-25-17/h13H,4-12H2,1-3H3. The predicted molar refractivity (Wildman–Crippen MR) is 104 cm³/mol. The highest BCUT2D eigenvalue weighted by atomic mass is 127. The molecule has 0 bridgehead atoms. The summed E-state index contributed by atoms with van der Waals surface area (Å²) in [5, 5.41) is 0. The molecule has 0 N–H and O–H groups in total. The molecular formula is C16H28INO6S. The van der Waals surface area contributed by atoms with Crippen LogP contribution >= 0.6 is 30.4 Å². The fraction of sp³-hybridized carbons (Fsp3) is 0.938. The summed E-state index contributed by atoms with van der Waals surface area (Å²) in [6.07, 6.45) is 0.672. The number of hydrogen-bond acceptors (Lipinski definition) is 7. The number of halogens is 1. The third-order valence-corrected chi connectivity index (χ3v) is 4.89. The number of carbonyl (C=O) groups excluding carboxylic acids is 1. The molecule has 2 aliphatic rings. The molecule has 0 atom stereocenters. The summed E-state index contributed by atoms with van der Waals surface area (Å²) in [6.45, 7) is 10.8. The third kappa shape index (κ3) is 7.37. The second-order valence-corrected chi connectivity index (χ2v) is 9.04. The molecule has 2 rings (SSSR count). The van der Waals surface area contributed by atoms with Gasteiger partial charge in [-0.05, 0) is 27.2 Å². The largest absolute Gasteiger partial charge is 0.444 e. The van der Waals surface area contributed by atoms with Crippen molar-refractivity contribution in [3.63, 3.8) is 0 Å². The first kappa shape index (κ1) is 21.5. The second kappa shape index (κ2) is 9.93. The van der Waals surface area contributed by atoms with E-state index in [2.05, 4.69) is 21.2 Å².